The highest BCUT2D eigenvalue weighted by Gasteiger charge is 2.10. The molecule has 2 aromatic rings. The SMILES string of the molecule is NC(=O)c1ccccc1Nc1nccc(C(=O)O)n1. The van der Waals surface area contributed by atoms with Crippen molar-refractivity contribution in [1.82, 2.24) is 9.97 Å². The lowest BCUT2D eigenvalue weighted by molar-refractivity contribution is 0.0690. The zero-order valence-corrected chi connectivity index (χ0v) is 9.70. The third-order valence-electron chi connectivity index (χ3n) is 2.31. The maximum absolute atomic E-state index is 11.2. The number of amides is 1. The van der Waals surface area contributed by atoms with Gasteiger partial charge in [0.05, 0.1) is 11.3 Å². The van der Waals surface area contributed by atoms with Crippen molar-refractivity contribution >= 4 is 23.5 Å². The first-order valence-electron chi connectivity index (χ1n) is 5.30. The Balaban J connectivity index is 2.34. The van der Waals surface area contributed by atoms with Crippen LogP contribution in [0.5, 0.6) is 0 Å². The summed E-state index contributed by atoms with van der Waals surface area (Å²) in [5.74, 6) is -1.68. The smallest absolute Gasteiger partial charge is 0.354 e. The van der Waals surface area contributed by atoms with Crippen molar-refractivity contribution in [3.05, 3.63) is 47.8 Å². The van der Waals surface area contributed by atoms with Crippen LogP contribution >= 0.6 is 0 Å². The Labute approximate surface area is 108 Å². The van der Waals surface area contributed by atoms with E-state index in [9.17, 15) is 9.59 Å². The van der Waals surface area contributed by atoms with Crippen LogP contribution in [-0.2, 0) is 0 Å². The number of para-hydroxylation sites is 1. The van der Waals surface area contributed by atoms with Gasteiger partial charge >= 0.3 is 5.97 Å². The molecule has 0 aliphatic carbocycles. The Morgan fingerprint density at radius 2 is 1.95 bits per heavy atom. The molecule has 1 aromatic heterocycles. The molecule has 7 nitrogen and oxygen atoms in total. The number of rotatable bonds is 4. The predicted molar refractivity (Wildman–Crippen MR) is 67.2 cm³/mol. The molecule has 0 fully saturated rings. The summed E-state index contributed by atoms with van der Waals surface area (Å²) in [6, 6.07) is 7.81. The van der Waals surface area contributed by atoms with Crippen molar-refractivity contribution < 1.29 is 14.7 Å². The van der Waals surface area contributed by atoms with Crippen LogP contribution < -0.4 is 11.1 Å². The number of aromatic nitrogens is 2. The monoisotopic (exact) mass is 258 g/mol. The van der Waals surface area contributed by atoms with Crippen molar-refractivity contribution in [3.8, 4) is 0 Å². The van der Waals surface area contributed by atoms with Crippen molar-refractivity contribution in [2.24, 2.45) is 5.73 Å². The largest absolute Gasteiger partial charge is 0.477 e. The van der Waals surface area contributed by atoms with Crippen LogP contribution in [-0.4, -0.2) is 27.0 Å². The molecule has 0 saturated heterocycles. The lowest BCUT2D eigenvalue weighted by atomic mass is 10.1. The molecular formula is C12H10N4O3. The van der Waals surface area contributed by atoms with Crippen LogP contribution in [0.2, 0.25) is 0 Å². The van der Waals surface area contributed by atoms with E-state index in [1.54, 1.807) is 24.3 Å². The molecule has 0 spiro atoms. The molecule has 0 bridgehead atoms. The van der Waals surface area contributed by atoms with Gasteiger partial charge in [0, 0.05) is 6.20 Å². The van der Waals surface area contributed by atoms with Gasteiger partial charge in [-0.15, -0.1) is 0 Å². The molecule has 7 heteroatoms. The Hall–Kier alpha value is -2.96. The zero-order valence-electron chi connectivity index (χ0n) is 9.70. The van der Waals surface area contributed by atoms with Crippen molar-refractivity contribution in [3.63, 3.8) is 0 Å². The molecule has 2 rings (SSSR count). The van der Waals surface area contributed by atoms with E-state index < -0.39 is 11.9 Å². The fourth-order valence-electron chi connectivity index (χ4n) is 1.47. The number of carbonyl (C=O) groups is 2. The highest BCUT2D eigenvalue weighted by molar-refractivity contribution is 5.99. The number of primary amides is 1. The number of nitrogens with one attached hydrogen (secondary N) is 1. The minimum absolute atomic E-state index is 0.0774. The Bertz CT molecular complexity index is 642. The van der Waals surface area contributed by atoms with E-state index in [0.29, 0.717) is 5.69 Å². The van der Waals surface area contributed by atoms with Crippen LogP contribution in [0.15, 0.2) is 36.5 Å². The number of anilines is 2. The fourth-order valence-corrected chi connectivity index (χ4v) is 1.47. The van der Waals surface area contributed by atoms with Crippen molar-refractivity contribution in [1.29, 1.82) is 0 Å². The van der Waals surface area contributed by atoms with Gasteiger partial charge < -0.3 is 16.2 Å². The third-order valence-corrected chi connectivity index (χ3v) is 2.31. The van der Waals surface area contributed by atoms with Gasteiger partial charge in [0.25, 0.3) is 5.91 Å². The molecule has 4 N–H and O–H groups in total. The normalized spacial score (nSPS) is 9.89. The second-order valence-corrected chi connectivity index (χ2v) is 3.61. The van der Waals surface area contributed by atoms with Crippen LogP contribution in [0.4, 0.5) is 11.6 Å². The molecular weight excluding hydrogens is 248 g/mol. The summed E-state index contributed by atoms with van der Waals surface area (Å²) >= 11 is 0. The lowest BCUT2D eigenvalue weighted by Crippen LogP contribution is -2.14. The third kappa shape index (κ3) is 2.83. The van der Waals surface area contributed by atoms with Crippen molar-refractivity contribution in [2.75, 3.05) is 5.32 Å². The minimum atomic E-state index is -1.16. The van der Waals surface area contributed by atoms with Gasteiger partial charge in [-0.25, -0.2) is 14.8 Å². The first-order valence-corrected chi connectivity index (χ1v) is 5.30. The zero-order chi connectivity index (χ0) is 13.8. The number of hydrogen-bond acceptors (Lipinski definition) is 5. The van der Waals surface area contributed by atoms with E-state index in [4.69, 9.17) is 10.8 Å². The van der Waals surface area contributed by atoms with Gasteiger partial charge in [-0.2, -0.15) is 0 Å². The molecule has 0 unspecified atom stereocenters. The van der Waals surface area contributed by atoms with Crippen LogP contribution in [0.3, 0.4) is 0 Å². The van der Waals surface area contributed by atoms with Gasteiger partial charge in [-0.05, 0) is 18.2 Å². The van der Waals surface area contributed by atoms with E-state index in [-0.39, 0.29) is 17.2 Å². The molecule has 19 heavy (non-hydrogen) atoms. The van der Waals surface area contributed by atoms with E-state index in [1.165, 1.54) is 12.3 Å². The van der Waals surface area contributed by atoms with Crippen molar-refractivity contribution in [2.45, 2.75) is 0 Å². The summed E-state index contributed by atoms with van der Waals surface area (Å²) < 4.78 is 0. The number of hydrogen-bond donors (Lipinski definition) is 3. The molecule has 0 aliphatic heterocycles. The quantitative estimate of drug-likeness (QED) is 0.753. The summed E-state index contributed by atoms with van der Waals surface area (Å²) in [6.45, 7) is 0. The molecule has 0 saturated carbocycles. The van der Waals surface area contributed by atoms with E-state index in [1.807, 2.05) is 0 Å². The van der Waals surface area contributed by atoms with Crippen LogP contribution in [0.25, 0.3) is 0 Å². The van der Waals surface area contributed by atoms with E-state index >= 15 is 0 Å². The second-order valence-electron chi connectivity index (χ2n) is 3.61. The number of benzene rings is 1. The predicted octanol–water partition coefficient (Wildman–Crippen LogP) is 1.02. The molecule has 96 valence electrons. The van der Waals surface area contributed by atoms with Gasteiger partial charge in [0.2, 0.25) is 5.95 Å². The molecule has 0 aliphatic rings. The number of carboxylic acids is 1. The summed E-state index contributed by atoms with van der Waals surface area (Å²) in [7, 11) is 0. The average Bonchev–Trinajstić information content (AvgIpc) is 2.39. The summed E-state index contributed by atoms with van der Waals surface area (Å²) in [5.41, 5.74) is 5.77. The fraction of sp³-hybridized carbons (Fsp3) is 0. The number of nitrogens with zero attached hydrogens (tertiary/aromatic N) is 2. The Kier molecular flexibility index (Phi) is 3.37. The highest BCUT2D eigenvalue weighted by atomic mass is 16.4. The van der Waals surface area contributed by atoms with E-state index in [0.717, 1.165) is 0 Å². The first kappa shape index (κ1) is 12.5. The standard InChI is InChI=1S/C12H10N4O3/c13-10(17)7-3-1-2-4-8(7)15-12-14-6-5-9(16-12)11(18)19/h1-6H,(H2,13,17)(H,18,19)(H,14,15,16). The van der Waals surface area contributed by atoms with Crippen LogP contribution in [0, 0.1) is 0 Å². The molecule has 1 heterocycles. The molecule has 1 aromatic carbocycles. The maximum atomic E-state index is 11.2. The topological polar surface area (TPSA) is 118 Å². The molecule has 1 amide bonds. The Morgan fingerprint density at radius 3 is 2.63 bits per heavy atom. The highest BCUT2D eigenvalue weighted by Crippen LogP contribution is 2.17. The van der Waals surface area contributed by atoms with E-state index in [2.05, 4.69) is 15.3 Å². The first-order chi connectivity index (χ1) is 9.08. The summed E-state index contributed by atoms with van der Waals surface area (Å²) in [6.07, 6.45) is 1.31. The van der Waals surface area contributed by atoms with Crippen LogP contribution in [0.1, 0.15) is 20.8 Å². The average molecular weight is 258 g/mol. The van der Waals surface area contributed by atoms with Gasteiger partial charge in [-0.3, -0.25) is 4.79 Å². The molecule has 0 atom stereocenters. The number of nitrogens with two attached hydrogens (primary N) is 1. The minimum Gasteiger partial charge on any atom is -0.477 e. The number of carboxylic acid groups (broad SMARTS) is 1. The van der Waals surface area contributed by atoms with Gasteiger partial charge in [-0.1, -0.05) is 12.1 Å². The van der Waals surface area contributed by atoms with Gasteiger partial charge in [0.1, 0.15) is 0 Å². The van der Waals surface area contributed by atoms with Gasteiger partial charge in [0.15, 0.2) is 5.69 Å². The maximum Gasteiger partial charge on any atom is 0.354 e. The number of aromatic carboxylic acids is 1. The second kappa shape index (κ2) is 5.13. The summed E-state index contributed by atoms with van der Waals surface area (Å²) in [5, 5.41) is 11.6. The molecule has 0 radical (unpaired) electrons. The summed E-state index contributed by atoms with van der Waals surface area (Å²) in [4.78, 5) is 29.7. The number of carbonyl (C=O) groups excluding carboxylic acids is 1. The Morgan fingerprint density at radius 1 is 1.21 bits per heavy atom. The lowest BCUT2D eigenvalue weighted by Gasteiger charge is -2.08.